The maximum absolute atomic E-state index is 8.98. The molecule has 1 aromatic carbocycles. The minimum atomic E-state index is -0.0395. The fraction of sp³-hybridized carbons (Fsp3) is 0.0769. The lowest BCUT2D eigenvalue weighted by Gasteiger charge is -2.03. The Bertz CT molecular complexity index is 660. The number of rotatable bonds is 2. The van der Waals surface area contributed by atoms with Crippen molar-refractivity contribution in [2.24, 2.45) is 0 Å². The van der Waals surface area contributed by atoms with Gasteiger partial charge in [-0.25, -0.2) is 4.68 Å². The lowest BCUT2D eigenvalue weighted by atomic mass is 10.2. The average Bonchev–Trinajstić information content (AvgIpc) is 2.87. The minimum Gasteiger partial charge on any atom is -0.390 e. The van der Waals surface area contributed by atoms with Crippen molar-refractivity contribution in [3.63, 3.8) is 0 Å². The Morgan fingerprint density at radius 1 is 1.18 bits per heavy atom. The Morgan fingerprint density at radius 3 is 2.94 bits per heavy atom. The zero-order chi connectivity index (χ0) is 11.7. The topological polar surface area (TPSA) is 50.9 Å². The second-order valence-electron chi connectivity index (χ2n) is 3.79. The summed E-state index contributed by atoms with van der Waals surface area (Å²) in [6, 6.07) is 11.7. The maximum Gasteiger partial charge on any atom is 0.0883 e. The molecule has 0 amide bonds. The van der Waals surface area contributed by atoms with Gasteiger partial charge in [0, 0.05) is 17.8 Å². The Morgan fingerprint density at radius 2 is 2.12 bits per heavy atom. The van der Waals surface area contributed by atoms with E-state index < -0.39 is 0 Å². The minimum absolute atomic E-state index is 0.0395. The number of aromatic nitrogens is 3. The van der Waals surface area contributed by atoms with Crippen molar-refractivity contribution in [2.75, 3.05) is 0 Å². The fourth-order valence-electron chi connectivity index (χ4n) is 1.80. The highest BCUT2D eigenvalue weighted by molar-refractivity contribution is 5.80. The molecule has 3 aromatic rings. The average molecular weight is 225 g/mol. The van der Waals surface area contributed by atoms with E-state index in [-0.39, 0.29) is 6.61 Å². The largest absolute Gasteiger partial charge is 0.390 e. The highest BCUT2D eigenvalue weighted by Crippen LogP contribution is 2.16. The molecular weight excluding hydrogens is 214 g/mol. The van der Waals surface area contributed by atoms with Crippen LogP contribution in [0, 0.1) is 0 Å². The van der Waals surface area contributed by atoms with Gasteiger partial charge in [0.05, 0.1) is 23.5 Å². The molecule has 0 saturated heterocycles. The van der Waals surface area contributed by atoms with Crippen LogP contribution in [0.3, 0.4) is 0 Å². The van der Waals surface area contributed by atoms with Gasteiger partial charge in [0.2, 0.25) is 0 Å². The molecule has 0 fully saturated rings. The Hall–Kier alpha value is -2.20. The van der Waals surface area contributed by atoms with Crippen molar-refractivity contribution in [3.05, 3.63) is 54.5 Å². The number of benzene rings is 1. The van der Waals surface area contributed by atoms with E-state index in [1.165, 1.54) is 0 Å². The number of hydrogen-bond acceptors (Lipinski definition) is 3. The molecule has 0 saturated carbocycles. The monoisotopic (exact) mass is 225 g/mol. The van der Waals surface area contributed by atoms with Crippen molar-refractivity contribution in [2.45, 2.75) is 6.61 Å². The Labute approximate surface area is 98.2 Å². The molecular formula is C13H11N3O. The van der Waals surface area contributed by atoms with Crippen LogP contribution in [0.15, 0.2) is 48.8 Å². The van der Waals surface area contributed by atoms with Crippen LogP contribution in [-0.4, -0.2) is 19.9 Å². The van der Waals surface area contributed by atoms with E-state index in [1.54, 1.807) is 16.9 Å². The van der Waals surface area contributed by atoms with Crippen LogP contribution < -0.4 is 0 Å². The summed E-state index contributed by atoms with van der Waals surface area (Å²) in [5.41, 5.74) is 2.59. The summed E-state index contributed by atoms with van der Waals surface area (Å²) in [5, 5.41) is 14.3. The normalized spacial score (nSPS) is 10.9. The number of aliphatic hydroxyl groups excluding tert-OH is 1. The highest BCUT2D eigenvalue weighted by Gasteiger charge is 2.01. The smallest absolute Gasteiger partial charge is 0.0883 e. The second-order valence-corrected chi connectivity index (χ2v) is 3.79. The number of pyridine rings is 1. The van der Waals surface area contributed by atoms with E-state index in [0.29, 0.717) is 5.69 Å². The quantitative estimate of drug-likeness (QED) is 0.724. The first-order chi connectivity index (χ1) is 8.36. The van der Waals surface area contributed by atoms with Crippen molar-refractivity contribution in [1.29, 1.82) is 0 Å². The molecule has 0 bridgehead atoms. The van der Waals surface area contributed by atoms with Gasteiger partial charge in [0.15, 0.2) is 0 Å². The Balaban J connectivity index is 2.11. The fourth-order valence-corrected chi connectivity index (χ4v) is 1.80. The third kappa shape index (κ3) is 1.79. The number of fused-ring (bicyclic) bond motifs is 1. The second kappa shape index (κ2) is 3.99. The van der Waals surface area contributed by atoms with Crippen LogP contribution in [-0.2, 0) is 6.61 Å². The number of nitrogens with zero attached hydrogens (tertiary/aromatic N) is 3. The standard InChI is InChI=1S/C13H11N3O/c17-9-11-5-7-16(15-11)12-3-4-13-10(8-12)2-1-6-14-13/h1-8,17H,9H2. The number of aliphatic hydroxyl groups is 1. The van der Waals surface area contributed by atoms with E-state index in [0.717, 1.165) is 16.6 Å². The molecule has 3 rings (SSSR count). The van der Waals surface area contributed by atoms with E-state index in [2.05, 4.69) is 10.1 Å². The zero-order valence-electron chi connectivity index (χ0n) is 9.11. The lowest BCUT2D eigenvalue weighted by molar-refractivity contribution is 0.276. The SMILES string of the molecule is OCc1ccn(-c2ccc3ncccc3c2)n1. The maximum atomic E-state index is 8.98. The van der Waals surface area contributed by atoms with E-state index in [4.69, 9.17) is 5.11 Å². The van der Waals surface area contributed by atoms with Gasteiger partial charge in [-0.05, 0) is 30.3 Å². The molecule has 0 unspecified atom stereocenters. The summed E-state index contributed by atoms with van der Waals surface area (Å²) in [6.07, 6.45) is 3.61. The lowest BCUT2D eigenvalue weighted by Crippen LogP contribution is -1.96. The predicted octanol–water partition coefficient (Wildman–Crippen LogP) is 1.91. The first kappa shape index (κ1) is 9.99. The summed E-state index contributed by atoms with van der Waals surface area (Å²) in [5.74, 6) is 0. The van der Waals surface area contributed by atoms with Crippen LogP contribution in [0.5, 0.6) is 0 Å². The van der Waals surface area contributed by atoms with Crippen molar-refractivity contribution in [3.8, 4) is 5.69 Å². The van der Waals surface area contributed by atoms with Gasteiger partial charge in [-0.2, -0.15) is 5.10 Å². The molecule has 0 radical (unpaired) electrons. The van der Waals surface area contributed by atoms with Crippen molar-refractivity contribution < 1.29 is 5.11 Å². The molecule has 0 atom stereocenters. The first-order valence-electron chi connectivity index (χ1n) is 5.37. The molecule has 0 aliphatic heterocycles. The molecule has 4 heteroatoms. The Kier molecular flexibility index (Phi) is 2.34. The van der Waals surface area contributed by atoms with Crippen LogP contribution in [0.2, 0.25) is 0 Å². The van der Waals surface area contributed by atoms with Crippen LogP contribution in [0.25, 0.3) is 16.6 Å². The van der Waals surface area contributed by atoms with Gasteiger partial charge in [-0.1, -0.05) is 6.07 Å². The third-order valence-corrected chi connectivity index (χ3v) is 2.66. The van der Waals surface area contributed by atoms with Crippen LogP contribution in [0.1, 0.15) is 5.69 Å². The van der Waals surface area contributed by atoms with Gasteiger partial charge in [-0.3, -0.25) is 4.98 Å². The van der Waals surface area contributed by atoms with Crippen molar-refractivity contribution in [1.82, 2.24) is 14.8 Å². The summed E-state index contributed by atoms with van der Waals surface area (Å²) in [7, 11) is 0. The molecule has 2 heterocycles. The molecule has 0 aliphatic rings. The molecule has 2 aromatic heterocycles. The number of hydrogen-bond donors (Lipinski definition) is 1. The van der Waals surface area contributed by atoms with E-state index in [9.17, 15) is 0 Å². The first-order valence-corrected chi connectivity index (χ1v) is 5.37. The van der Waals surface area contributed by atoms with Gasteiger partial charge < -0.3 is 5.11 Å². The van der Waals surface area contributed by atoms with Gasteiger partial charge in [0.25, 0.3) is 0 Å². The summed E-state index contributed by atoms with van der Waals surface area (Å²) in [6.45, 7) is -0.0395. The highest BCUT2D eigenvalue weighted by atomic mass is 16.3. The molecule has 0 aliphatic carbocycles. The predicted molar refractivity (Wildman–Crippen MR) is 64.8 cm³/mol. The van der Waals surface area contributed by atoms with Gasteiger partial charge in [-0.15, -0.1) is 0 Å². The summed E-state index contributed by atoms with van der Waals surface area (Å²) < 4.78 is 1.75. The van der Waals surface area contributed by atoms with Gasteiger partial charge >= 0.3 is 0 Å². The molecule has 1 N–H and O–H groups in total. The molecule has 17 heavy (non-hydrogen) atoms. The van der Waals surface area contributed by atoms with E-state index in [1.807, 2.05) is 36.5 Å². The summed E-state index contributed by atoms with van der Waals surface area (Å²) >= 11 is 0. The van der Waals surface area contributed by atoms with Crippen molar-refractivity contribution >= 4 is 10.9 Å². The summed E-state index contributed by atoms with van der Waals surface area (Å²) in [4.78, 5) is 4.27. The van der Waals surface area contributed by atoms with Gasteiger partial charge in [0.1, 0.15) is 0 Å². The zero-order valence-corrected chi connectivity index (χ0v) is 9.11. The molecule has 84 valence electrons. The van der Waals surface area contributed by atoms with E-state index >= 15 is 0 Å². The van der Waals surface area contributed by atoms with Crippen LogP contribution >= 0.6 is 0 Å². The third-order valence-electron chi connectivity index (χ3n) is 2.66. The molecule has 0 spiro atoms. The molecule has 4 nitrogen and oxygen atoms in total. The van der Waals surface area contributed by atoms with Crippen LogP contribution in [0.4, 0.5) is 0 Å².